The minimum absolute atomic E-state index is 0.0109. The molecule has 1 aliphatic rings. The lowest BCUT2D eigenvalue weighted by Gasteiger charge is -2.37. The van der Waals surface area contributed by atoms with Crippen LogP contribution >= 0.6 is 0 Å². The molecular weight excluding hydrogens is 734 g/mol. The molecule has 1 unspecified atom stereocenters. The number of carbonyl (C=O) groups is 2. The first kappa shape index (κ1) is 37.7. The number of aryl methyl sites for hydroxylation is 3. The summed E-state index contributed by atoms with van der Waals surface area (Å²) in [5.74, 6) is -2.22. The summed E-state index contributed by atoms with van der Waals surface area (Å²) >= 11 is 0. The van der Waals surface area contributed by atoms with Crippen molar-refractivity contribution < 1.29 is 27.2 Å². The van der Waals surface area contributed by atoms with E-state index < -0.39 is 41.1 Å². The van der Waals surface area contributed by atoms with Crippen LogP contribution in [0.3, 0.4) is 0 Å². The first-order valence-electron chi connectivity index (χ1n) is 17.4. The predicted octanol–water partition coefficient (Wildman–Crippen LogP) is 4.17. The van der Waals surface area contributed by atoms with Crippen molar-refractivity contribution in [2.24, 2.45) is 21.1 Å². The van der Waals surface area contributed by atoms with Gasteiger partial charge in [-0.25, -0.2) is 9.37 Å². The number of hydrogen-bond donors (Lipinski definition) is 1. The molecule has 2 amide bonds. The van der Waals surface area contributed by atoms with Crippen LogP contribution in [0.2, 0.25) is 0 Å². The van der Waals surface area contributed by atoms with Crippen molar-refractivity contribution >= 4 is 22.8 Å². The molecule has 6 aromatic rings. The number of halogens is 4. The van der Waals surface area contributed by atoms with Crippen LogP contribution < -0.4 is 10.9 Å². The Morgan fingerprint density at radius 1 is 1.04 bits per heavy atom. The average molecular weight is 770 g/mol. The van der Waals surface area contributed by atoms with E-state index in [4.69, 9.17) is 0 Å². The second-order valence-corrected chi connectivity index (χ2v) is 14.4. The van der Waals surface area contributed by atoms with Gasteiger partial charge in [0.15, 0.2) is 5.69 Å². The van der Waals surface area contributed by atoms with Gasteiger partial charge in [0.25, 0.3) is 5.91 Å². The van der Waals surface area contributed by atoms with Gasteiger partial charge in [-0.15, -0.1) is 0 Å². The van der Waals surface area contributed by atoms with Gasteiger partial charge in [-0.05, 0) is 61.7 Å². The summed E-state index contributed by atoms with van der Waals surface area (Å²) < 4.78 is 62.9. The molecular formula is C38H35F4N11O3. The molecule has 1 atom stereocenters. The maximum Gasteiger partial charge on any atom is 0.435 e. The van der Waals surface area contributed by atoms with Gasteiger partial charge in [0.05, 0.1) is 52.5 Å². The Bertz CT molecular complexity index is 2650. The summed E-state index contributed by atoms with van der Waals surface area (Å²) in [6, 6.07) is 8.68. The fourth-order valence-corrected chi connectivity index (χ4v) is 7.10. The van der Waals surface area contributed by atoms with Crippen molar-refractivity contribution in [2.75, 3.05) is 6.54 Å². The number of carbonyl (C=O) groups excluding carboxylic acids is 2. The zero-order valence-corrected chi connectivity index (χ0v) is 30.9. The van der Waals surface area contributed by atoms with Crippen molar-refractivity contribution in [2.45, 2.75) is 51.0 Å². The highest BCUT2D eigenvalue weighted by Crippen LogP contribution is 2.36. The molecule has 1 aromatic carbocycles. The number of aromatic nitrogens is 8. The average Bonchev–Trinajstić information content (AvgIpc) is 3.85. The Hall–Kier alpha value is -6.64. The number of nitriles is 1. The zero-order valence-electron chi connectivity index (χ0n) is 30.9. The molecule has 5 aromatic heterocycles. The van der Waals surface area contributed by atoms with E-state index in [1.165, 1.54) is 51.8 Å². The first-order chi connectivity index (χ1) is 26.4. The molecule has 14 nitrogen and oxygen atoms in total. The molecule has 0 radical (unpaired) electrons. The summed E-state index contributed by atoms with van der Waals surface area (Å²) in [7, 11) is 4.87. The van der Waals surface area contributed by atoms with Crippen LogP contribution in [0.25, 0.3) is 33.5 Å². The topological polar surface area (TPSA) is 162 Å². The molecule has 0 aliphatic carbocycles. The van der Waals surface area contributed by atoms with Crippen LogP contribution in [0.15, 0.2) is 66.0 Å². The highest BCUT2D eigenvalue weighted by atomic mass is 19.4. The normalized spacial score (nSPS) is 13.9. The van der Waals surface area contributed by atoms with Gasteiger partial charge in [0.2, 0.25) is 11.5 Å². The lowest BCUT2D eigenvalue weighted by atomic mass is 9.89. The summed E-state index contributed by atoms with van der Waals surface area (Å²) in [6.45, 7) is 2.95. The molecule has 0 spiro atoms. The van der Waals surface area contributed by atoms with Gasteiger partial charge in [-0.3, -0.25) is 28.4 Å². The molecule has 6 heterocycles. The van der Waals surface area contributed by atoms with Crippen molar-refractivity contribution in [3.8, 4) is 28.6 Å². The van der Waals surface area contributed by atoms with Crippen LogP contribution in [-0.4, -0.2) is 73.7 Å². The van der Waals surface area contributed by atoms with Crippen LogP contribution in [0.5, 0.6) is 0 Å². The fourth-order valence-electron chi connectivity index (χ4n) is 7.10. The Labute approximate surface area is 316 Å². The Balaban J connectivity index is 1.22. The van der Waals surface area contributed by atoms with Crippen LogP contribution in [0.1, 0.15) is 46.6 Å². The van der Waals surface area contributed by atoms with Gasteiger partial charge in [0.1, 0.15) is 23.4 Å². The third kappa shape index (κ3) is 7.03. The van der Waals surface area contributed by atoms with Gasteiger partial charge in [-0.2, -0.15) is 33.7 Å². The van der Waals surface area contributed by atoms with E-state index in [0.29, 0.717) is 33.3 Å². The molecule has 1 aliphatic heterocycles. The highest BCUT2D eigenvalue weighted by Gasteiger charge is 2.40. The molecule has 1 N–H and O–H groups in total. The van der Waals surface area contributed by atoms with Crippen molar-refractivity contribution in [1.29, 1.82) is 5.26 Å². The zero-order chi connectivity index (χ0) is 40.3. The third-order valence-corrected chi connectivity index (χ3v) is 9.77. The van der Waals surface area contributed by atoms with E-state index in [2.05, 4.69) is 31.7 Å². The van der Waals surface area contributed by atoms with E-state index in [-0.39, 0.29) is 54.0 Å². The fraction of sp³-hybridized carbons (Fsp3) is 0.316. The van der Waals surface area contributed by atoms with Crippen molar-refractivity contribution in [1.82, 2.24) is 49.1 Å². The number of alkyl halides is 3. The third-order valence-electron chi connectivity index (χ3n) is 9.77. The van der Waals surface area contributed by atoms with Crippen LogP contribution in [0, 0.1) is 17.1 Å². The van der Waals surface area contributed by atoms with Gasteiger partial charge < -0.3 is 14.8 Å². The molecule has 18 heteroatoms. The number of fused-ring (bicyclic) bond motifs is 2. The van der Waals surface area contributed by atoms with Gasteiger partial charge >= 0.3 is 6.18 Å². The number of nitrogens with one attached hydrogen (secondary N) is 1. The summed E-state index contributed by atoms with van der Waals surface area (Å²) in [4.78, 5) is 46.7. The van der Waals surface area contributed by atoms with E-state index in [0.717, 1.165) is 16.8 Å². The monoisotopic (exact) mass is 769 g/mol. The molecule has 288 valence electrons. The van der Waals surface area contributed by atoms with Crippen LogP contribution in [0.4, 0.5) is 17.6 Å². The van der Waals surface area contributed by atoms with Gasteiger partial charge in [0, 0.05) is 63.7 Å². The second-order valence-electron chi connectivity index (χ2n) is 14.4. The van der Waals surface area contributed by atoms with E-state index in [9.17, 15) is 32.8 Å². The quantitative estimate of drug-likeness (QED) is 0.215. The molecule has 0 saturated carbocycles. The standard InChI is InChI=1S/C38H35F4N11O3/c1-37(2,20-53-28(14-31(48-53)38(40,41)42)22-6-9-32(54)49(3)19-22)47-35(55)30(12-21-16-44-50(4)18-21)52-11-10-24-25(7-8-26(39)33(24)36(52)56)34-23(15-43)13-29-27(46-34)17-45-51(29)5/h6-9,13-14,16-19,30H,10-12,20H2,1-5H3,(H,47,55). The highest BCUT2D eigenvalue weighted by molar-refractivity contribution is 6.02. The largest absolute Gasteiger partial charge is 0.435 e. The molecule has 0 bridgehead atoms. The molecule has 0 fully saturated rings. The summed E-state index contributed by atoms with van der Waals surface area (Å²) in [5.41, 5.74) is 0.265. The number of hydrogen-bond acceptors (Lipinski definition) is 8. The lowest BCUT2D eigenvalue weighted by molar-refractivity contribution is -0.141. The van der Waals surface area contributed by atoms with Crippen molar-refractivity contribution in [3.05, 3.63) is 105 Å². The molecule has 56 heavy (non-hydrogen) atoms. The SMILES string of the molecule is Cn1cc(CC(C(=O)NC(C)(C)Cn2nc(C(F)(F)F)cc2-c2ccc(=O)n(C)c2)N2CCc3c(-c4nc5cnn(C)c5cc4C#N)ccc(F)c3C2=O)cn1. The first-order valence-corrected chi connectivity index (χ1v) is 17.4. The van der Waals surface area contributed by atoms with E-state index >= 15 is 4.39 Å². The summed E-state index contributed by atoms with van der Waals surface area (Å²) in [6.07, 6.45) is 1.47. The van der Waals surface area contributed by atoms with Crippen LogP contribution in [-0.2, 0) is 51.5 Å². The van der Waals surface area contributed by atoms with E-state index in [1.807, 2.05) is 0 Å². The second kappa shape index (κ2) is 13.9. The Kier molecular flexibility index (Phi) is 9.34. The number of nitrogens with zero attached hydrogens (tertiary/aromatic N) is 10. The maximum atomic E-state index is 15.8. The minimum Gasteiger partial charge on any atom is -0.348 e. The smallest absolute Gasteiger partial charge is 0.348 e. The number of benzene rings is 1. The Morgan fingerprint density at radius 3 is 2.48 bits per heavy atom. The molecule has 7 rings (SSSR count). The number of rotatable bonds is 9. The van der Waals surface area contributed by atoms with E-state index in [1.54, 1.807) is 51.1 Å². The summed E-state index contributed by atoms with van der Waals surface area (Å²) in [5, 5.41) is 25.1. The molecule has 0 saturated heterocycles. The predicted molar refractivity (Wildman–Crippen MR) is 194 cm³/mol. The minimum atomic E-state index is -4.78. The van der Waals surface area contributed by atoms with Crippen molar-refractivity contribution in [3.63, 3.8) is 0 Å². The number of amides is 2. The van der Waals surface area contributed by atoms with Gasteiger partial charge in [-0.1, -0.05) is 0 Å². The lowest BCUT2D eigenvalue weighted by Crippen LogP contribution is -2.58. The maximum absolute atomic E-state index is 15.8. The number of pyridine rings is 2. The Morgan fingerprint density at radius 2 is 1.80 bits per heavy atom.